The van der Waals surface area contributed by atoms with Crippen LogP contribution in [-0.4, -0.2) is 31.8 Å². The Morgan fingerprint density at radius 1 is 1.36 bits per heavy atom. The first-order valence-electron chi connectivity index (χ1n) is 7.92. The average molecular weight is 361 g/mol. The van der Waals surface area contributed by atoms with Gasteiger partial charge in [0.2, 0.25) is 5.91 Å². The number of nitrogens with one attached hydrogen (secondary N) is 2. The lowest BCUT2D eigenvalue weighted by molar-refractivity contribution is -0.132. The monoisotopic (exact) mass is 361 g/mol. The van der Waals surface area contributed by atoms with Crippen molar-refractivity contribution in [1.82, 2.24) is 25.6 Å². The van der Waals surface area contributed by atoms with Crippen molar-refractivity contribution in [2.45, 2.75) is 39.4 Å². The molecule has 1 aliphatic carbocycles. The highest BCUT2D eigenvalue weighted by atomic mass is 32.1. The average Bonchev–Trinajstić information content (AvgIpc) is 2.97. The second-order valence-electron chi connectivity index (χ2n) is 6.94. The van der Waals surface area contributed by atoms with E-state index in [1.54, 1.807) is 20.8 Å². The molecular formula is C17H23N5O2S. The van der Waals surface area contributed by atoms with E-state index in [-0.39, 0.29) is 11.2 Å². The smallest absolute Gasteiger partial charge is 0.263 e. The van der Waals surface area contributed by atoms with Gasteiger partial charge in [0, 0.05) is 28.5 Å². The van der Waals surface area contributed by atoms with Crippen molar-refractivity contribution in [3.63, 3.8) is 0 Å². The molecule has 1 atom stereocenters. The SMILES string of the molecule is CC1=CC(c2ncn(/C=C\C(=O)NNC(=O)C(C)(C)C)n2)=CC(S)C1. The molecule has 1 aliphatic rings. The van der Waals surface area contributed by atoms with Crippen molar-refractivity contribution < 1.29 is 9.59 Å². The van der Waals surface area contributed by atoms with E-state index >= 15 is 0 Å². The highest BCUT2D eigenvalue weighted by Crippen LogP contribution is 2.25. The molecule has 0 spiro atoms. The number of hydrazine groups is 1. The summed E-state index contributed by atoms with van der Waals surface area (Å²) >= 11 is 4.48. The van der Waals surface area contributed by atoms with Gasteiger partial charge in [-0.1, -0.05) is 38.5 Å². The van der Waals surface area contributed by atoms with Crippen LogP contribution in [-0.2, 0) is 9.59 Å². The second-order valence-corrected chi connectivity index (χ2v) is 7.60. The number of hydrogen-bond acceptors (Lipinski definition) is 5. The van der Waals surface area contributed by atoms with Crippen LogP contribution >= 0.6 is 12.6 Å². The maximum Gasteiger partial charge on any atom is 0.263 e. The standard InChI is InChI=1S/C17H23N5O2S/c1-11-7-12(9-13(25)8-11)15-18-10-22(21-15)6-5-14(23)19-20-16(24)17(2,3)4/h5-7,9-10,13,25H,8H2,1-4H3,(H,19,23)(H,20,24)/b6-5-. The van der Waals surface area contributed by atoms with Crippen LogP contribution in [0.15, 0.2) is 30.1 Å². The van der Waals surface area contributed by atoms with E-state index in [1.165, 1.54) is 28.9 Å². The largest absolute Gasteiger partial charge is 0.273 e. The summed E-state index contributed by atoms with van der Waals surface area (Å²) < 4.78 is 1.44. The third-order valence-electron chi connectivity index (χ3n) is 3.43. The van der Waals surface area contributed by atoms with Gasteiger partial charge in [-0.3, -0.25) is 20.4 Å². The Hall–Kier alpha value is -2.35. The van der Waals surface area contributed by atoms with Gasteiger partial charge >= 0.3 is 0 Å². The first kappa shape index (κ1) is 19.0. The molecule has 1 aromatic heterocycles. The minimum absolute atomic E-state index is 0.152. The van der Waals surface area contributed by atoms with Gasteiger partial charge in [-0.05, 0) is 13.3 Å². The van der Waals surface area contributed by atoms with Gasteiger partial charge in [0.1, 0.15) is 6.33 Å². The Bertz CT molecular complexity index is 755. The molecule has 2 rings (SSSR count). The Morgan fingerprint density at radius 3 is 2.72 bits per heavy atom. The molecule has 2 amide bonds. The van der Waals surface area contributed by atoms with E-state index in [0.29, 0.717) is 5.82 Å². The first-order valence-corrected chi connectivity index (χ1v) is 8.44. The molecule has 8 heteroatoms. The number of nitrogens with zero attached hydrogens (tertiary/aromatic N) is 3. The number of allylic oxidation sites excluding steroid dienone is 3. The maximum atomic E-state index is 11.7. The maximum absolute atomic E-state index is 11.7. The molecule has 1 heterocycles. The highest BCUT2D eigenvalue weighted by Gasteiger charge is 2.21. The van der Waals surface area contributed by atoms with Crippen LogP contribution in [0.1, 0.15) is 39.9 Å². The van der Waals surface area contributed by atoms with Crippen molar-refractivity contribution in [2.75, 3.05) is 0 Å². The van der Waals surface area contributed by atoms with E-state index in [4.69, 9.17) is 0 Å². The third kappa shape index (κ3) is 5.60. The number of thiol groups is 1. The molecule has 0 saturated carbocycles. The van der Waals surface area contributed by atoms with Crippen LogP contribution < -0.4 is 10.9 Å². The van der Waals surface area contributed by atoms with Gasteiger partial charge < -0.3 is 0 Å². The van der Waals surface area contributed by atoms with Crippen LogP contribution in [0.3, 0.4) is 0 Å². The van der Waals surface area contributed by atoms with Crippen LogP contribution in [0.4, 0.5) is 0 Å². The zero-order valence-electron chi connectivity index (χ0n) is 14.8. The fraction of sp³-hybridized carbons (Fsp3) is 0.412. The molecule has 0 fully saturated rings. The molecule has 0 aromatic carbocycles. The summed E-state index contributed by atoms with van der Waals surface area (Å²) in [5.74, 6) is -0.160. The van der Waals surface area contributed by atoms with Crippen LogP contribution in [0.5, 0.6) is 0 Å². The summed E-state index contributed by atoms with van der Waals surface area (Å²) in [6, 6.07) is 0. The van der Waals surface area contributed by atoms with Crippen LogP contribution in [0, 0.1) is 5.41 Å². The van der Waals surface area contributed by atoms with E-state index in [1.807, 2.05) is 19.1 Å². The van der Waals surface area contributed by atoms with Gasteiger partial charge in [-0.25, -0.2) is 9.67 Å². The molecule has 0 bridgehead atoms. The molecule has 2 N–H and O–H groups in total. The van der Waals surface area contributed by atoms with Crippen LogP contribution in [0.25, 0.3) is 11.8 Å². The number of carbonyl (C=O) groups excluding carboxylic acids is 2. The van der Waals surface area contributed by atoms with Crippen molar-refractivity contribution in [3.05, 3.63) is 36.0 Å². The van der Waals surface area contributed by atoms with Crippen molar-refractivity contribution >= 4 is 36.2 Å². The quantitative estimate of drug-likeness (QED) is 0.436. The summed E-state index contributed by atoms with van der Waals surface area (Å²) in [6.07, 6.45) is 9.19. The minimum atomic E-state index is -0.581. The number of amides is 2. The minimum Gasteiger partial charge on any atom is -0.273 e. The van der Waals surface area contributed by atoms with Gasteiger partial charge in [0.25, 0.3) is 5.91 Å². The van der Waals surface area contributed by atoms with Gasteiger partial charge in [-0.15, -0.1) is 5.10 Å². The summed E-state index contributed by atoms with van der Waals surface area (Å²) in [5.41, 5.74) is 6.24. The lowest BCUT2D eigenvalue weighted by atomic mass is 9.96. The fourth-order valence-corrected chi connectivity index (χ4v) is 2.53. The Balaban J connectivity index is 1.96. The molecule has 0 radical (unpaired) electrons. The molecule has 7 nitrogen and oxygen atoms in total. The van der Waals surface area contributed by atoms with Crippen LogP contribution in [0.2, 0.25) is 0 Å². The number of rotatable bonds is 3. The van der Waals surface area contributed by atoms with E-state index in [9.17, 15) is 9.59 Å². The summed E-state index contributed by atoms with van der Waals surface area (Å²) in [4.78, 5) is 27.7. The fourth-order valence-electron chi connectivity index (χ4n) is 2.08. The normalized spacial score (nSPS) is 17.9. The lowest BCUT2D eigenvalue weighted by Crippen LogP contribution is -2.46. The number of hydrogen-bond donors (Lipinski definition) is 3. The number of carbonyl (C=O) groups is 2. The molecule has 1 aromatic rings. The van der Waals surface area contributed by atoms with E-state index < -0.39 is 11.3 Å². The molecule has 25 heavy (non-hydrogen) atoms. The Morgan fingerprint density at radius 2 is 2.08 bits per heavy atom. The predicted octanol–water partition coefficient (Wildman–Crippen LogP) is 1.97. The first-order chi connectivity index (χ1) is 11.6. The highest BCUT2D eigenvalue weighted by molar-refractivity contribution is 7.81. The molecule has 0 saturated heterocycles. The Labute approximate surface area is 152 Å². The van der Waals surface area contributed by atoms with Crippen molar-refractivity contribution in [2.24, 2.45) is 5.41 Å². The second kappa shape index (κ2) is 7.69. The lowest BCUT2D eigenvalue weighted by Gasteiger charge is -2.17. The Kier molecular flexibility index (Phi) is 5.84. The van der Waals surface area contributed by atoms with Gasteiger partial charge in [-0.2, -0.15) is 12.6 Å². The van der Waals surface area contributed by atoms with Crippen molar-refractivity contribution in [1.29, 1.82) is 0 Å². The summed E-state index contributed by atoms with van der Waals surface area (Å²) in [5, 5.41) is 4.47. The topological polar surface area (TPSA) is 88.9 Å². The van der Waals surface area contributed by atoms with Gasteiger partial charge in [0.15, 0.2) is 5.82 Å². The third-order valence-corrected chi connectivity index (χ3v) is 3.76. The molecular weight excluding hydrogens is 338 g/mol. The molecule has 0 aliphatic heterocycles. The van der Waals surface area contributed by atoms with E-state index in [2.05, 4.69) is 33.6 Å². The summed E-state index contributed by atoms with van der Waals surface area (Å²) in [6.45, 7) is 7.32. The predicted molar refractivity (Wildman–Crippen MR) is 100 cm³/mol. The summed E-state index contributed by atoms with van der Waals surface area (Å²) in [7, 11) is 0. The molecule has 1 unspecified atom stereocenters. The number of aromatic nitrogens is 3. The molecule has 134 valence electrons. The zero-order valence-corrected chi connectivity index (χ0v) is 15.7. The van der Waals surface area contributed by atoms with E-state index in [0.717, 1.165) is 12.0 Å². The van der Waals surface area contributed by atoms with Gasteiger partial charge in [0.05, 0.1) is 0 Å². The zero-order chi connectivity index (χ0) is 18.6. The van der Waals surface area contributed by atoms with Crippen molar-refractivity contribution in [3.8, 4) is 0 Å².